The molecule has 0 aliphatic heterocycles. The molecular weight excluding hydrogens is 380 g/mol. The van der Waals surface area contributed by atoms with Gasteiger partial charge < -0.3 is 19.4 Å². The Balaban J connectivity index is 1.71. The van der Waals surface area contributed by atoms with Crippen LogP contribution >= 0.6 is 11.6 Å². The second kappa shape index (κ2) is 8.46. The van der Waals surface area contributed by atoms with Crippen molar-refractivity contribution in [3.05, 3.63) is 69.0 Å². The number of carbonyl (C=O) groups excluding carboxylic acids is 1. The van der Waals surface area contributed by atoms with Gasteiger partial charge in [-0.25, -0.2) is 4.79 Å². The van der Waals surface area contributed by atoms with E-state index in [2.05, 4.69) is 5.32 Å². The summed E-state index contributed by atoms with van der Waals surface area (Å²) in [6.07, 6.45) is 0. The van der Waals surface area contributed by atoms with Gasteiger partial charge in [-0.15, -0.1) is 0 Å². The molecule has 7 heteroatoms. The lowest BCUT2D eigenvalue weighted by atomic mass is 10.1. The average molecular weight is 402 g/mol. The number of likely N-dealkylation sites (N-methyl/N-ethyl adjacent to an activating group) is 1. The number of carbonyl (C=O) groups is 1. The number of ether oxygens (including phenoxy) is 1. The predicted molar refractivity (Wildman–Crippen MR) is 109 cm³/mol. The first kappa shape index (κ1) is 19.9. The quantitative estimate of drug-likeness (QED) is 0.622. The number of amides is 1. The van der Waals surface area contributed by atoms with E-state index in [9.17, 15) is 9.59 Å². The number of rotatable bonds is 6. The molecule has 3 aromatic rings. The number of aryl methyl sites for hydroxylation is 1. The van der Waals surface area contributed by atoms with Gasteiger partial charge in [0.1, 0.15) is 17.9 Å². The topological polar surface area (TPSA) is 73.0 Å². The Morgan fingerprint density at radius 2 is 1.93 bits per heavy atom. The van der Waals surface area contributed by atoms with Crippen molar-refractivity contribution in [2.24, 2.45) is 0 Å². The highest BCUT2D eigenvalue weighted by Crippen LogP contribution is 2.24. The molecule has 0 aliphatic carbocycles. The van der Waals surface area contributed by atoms with Crippen molar-refractivity contribution in [2.45, 2.75) is 13.5 Å². The van der Waals surface area contributed by atoms with Crippen LogP contribution in [-0.2, 0) is 11.3 Å². The largest absolute Gasteiger partial charge is 0.497 e. The third-order valence-electron chi connectivity index (χ3n) is 4.44. The van der Waals surface area contributed by atoms with Gasteiger partial charge in [-0.3, -0.25) is 4.79 Å². The summed E-state index contributed by atoms with van der Waals surface area (Å²) < 4.78 is 10.4. The molecule has 1 amide bonds. The number of halogens is 1. The smallest absolute Gasteiger partial charge is 0.336 e. The number of fused-ring (bicyclic) bond motifs is 1. The average Bonchev–Trinajstić information content (AvgIpc) is 2.63. The molecule has 1 heterocycles. The van der Waals surface area contributed by atoms with E-state index in [1.807, 2.05) is 14.0 Å². The first-order valence-electron chi connectivity index (χ1n) is 8.84. The summed E-state index contributed by atoms with van der Waals surface area (Å²) in [4.78, 5) is 25.2. The van der Waals surface area contributed by atoms with Crippen LogP contribution in [-0.4, -0.2) is 26.6 Å². The van der Waals surface area contributed by atoms with Crippen LogP contribution in [0.1, 0.15) is 11.1 Å². The van der Waals surface area contributed by atoms with E-state index in [1.165, 1.54) is 6.07 Å². The van der Waals surface area contributed by atoms with Gasteiger partial charge in [-0.05, 0) is 48.9 Å². The highest BCUT2D eigenvalue weighted by Gasteiger charge is 2.15. The molecule has 0 bridgehead atoms. The van der Waals surface area contributed by atoms with Gasteiger partial charge >= 0.3 is 5.63 Å². The Hall–Kier alpha value is -2.83. The third-order valence-corrected chi connectivity index (χ3v) is 4.84. The van der Waals surface area contributed by atoms with E-state index in [4.69, 9.17) is 20.8 Å². The van der Waals surface area contributed by atoms with E-state index >= 15 is 0 Å². The van der Waals surface area contributed by atoms with Gasteiger partial charge in [0.2, 0.25) is 0 Å². The molecule has 0 radical (unpaired) electrons. The van der Waals surface area contributed by atoms with Crippen LogP contribution in [0.15, 0.2) is 51.7 Å². The fourth-order valence-electron chi connectivity index (χ4n) is 3.04. The van der Waals surface area contributed by atoms with Crippen LogP contribution in [0.2, 0.25) is 5.02 Å². The summed E-state index contributed by atoms with van der Waals surface area (Å²) in [5, 5.41) is 4.25. The minimum atomic E-state index is -0.417. The zero-order valence-corrected chi connectivity index (χ0v) is 16.7. The standard InChI is InChI=1S/C21H21ClN2O4/c1-13-8-19-17(10-18(13)22)14(9-21(26)28-19)11-24(2)12-20(25)23-15-4-6-16(27-3)7-5-15/h4-10H,11-12H2,1-3H3,(H,23,25)/p+1. The van der Waals surface area contributed by atoms with Gasteiger partial charge in [0, 0.05) is 27.7 Å². The fourth-order valence-corrected chi connectivity index (χ4v) is 3.20. The fraction of sp³-hybridized carbons (Fsp3) is 0.238. The number of hydrogen-bond donors (Lipinski definition) is 2. The van der Waals surface area contributed by atoms with Gasteiger partial charge in [-0.2, -0.15) is 0 Å². The van der Waals surface area contributed by atoms with Crippen molar-refractivity contribution in [1.29, 1.82) is 0 Å². The maximum absolute atomic E-state index is 12.3. The van der Waals surface area contributed by atoms with Gasteiger partial charge in [0.25, 0.3) is 5.91 Å². The molecule has 1 unspecified atom stereocenters. The molecule has 2 aromatic carbocycles. The van der Waals surface area contributed by atoms with E-state index in [0.29, 0.717) is 22.8 Å². The van der Waals surface area contributed by atoms with Crippen molar-refractivity contribution in [3.63, 3.8) is 0 Å². The first-order valence-corrected chi connectivity index (χ1v) is 9.21. The van der Waals surface area contributed by atoms with Crippen LogP contribution in [0.25, 0.3) is 11.0 Å². The third kappa shape index (κ3) is 4.71. The molecule has 6 nitrogen and oxygen atoms in total. The van der Waals surface area contributed by atoms with Gasteiger partial charge in [-0.1, -0.05) is 11.6 Å². The second-order valence-corrected chi connectivity index (χ2v) is 7.18. The highest BCUT2D eigenvalue weighted by atomic mass is 35.5. The Morgan fingerprint density at radius 1 is 1.21 bits per heavy atom. The number of nitrogens with one attached hydrogen (secondary N) is 2. The summed E-state index contributed by atoms with van der Waals surface area (Å²) in [5.74, 6) is 0.605. The summed E-state index contributed by atoms with van der Waals surface area (Å²) in [7, 11) is 3.48. The van der Waals surface area contributed by atoms with Crippen molar-refractivity contribution < 1.29 is 18.8 Å². The van der Waals surface area contributed by atoms with Crippen molar-refractivity contribution in [2.75, 3.05) is 26.0 Å². The normalized spacial score (nSPS) is 12.0. The summed E-state index contributed by atoms with van der Waals surface area (Å²) in [6.45, 7) is 2.58. The zero-order valence-electron chi connectivity index (χ0n) is 16.0. The molecule has 2 N–H and O–H groups in total. The first-order chi connectivity index (χ1) is 13.4. The Morgan fingerprint density at radius 3 is 2.61 bits per heavy atom. The maximum Gasteiger partial charge on any atom is 0.336 e. The maximum atomic E-state index is 12.3. The van der Waals surface area contributed by atoms with Crippen LogP contribution < -0.4 is 20.6 Å². The van der Waals surface area contributed by atoms with Gasteiger partial charge in [0.15, 0.2) is 6.54 Å². The Bertz CT molecular complexity index is 1060. The number of hydrogen-bond acceptors (Lipinski definition) is 4. The van der Waals surface area contributed by atoms with E-state index in [0.717, 1.165) is 27.2 Å². The van der Waals surface area contributed by atoms with Gasteiger partial charge in [0.05, 0.1) is 14.2 Å². The second-order valence-electron chi connectivity index (χ2n) is 6.78. The number of methoxy groups -OCH3 is 1. The number of quaternary nitrogens is 1. The minimum Gasteiger partial charge on any atom is -0.497 e. The van der Waals surface area contributed by atoms with Crippen molar-refractivity contribution in [1.82, 2.24) is 0 Å². The Kier molecular flexibility index (Phi) is 6.02. The monoisotopic (exact) mass is 401 g/mol. The molecule has 0 aliphatic rings. The lowest BCUT2D eigenvalue weighted by Gasteiger charge is -2.15. The van der Waals surface area contributed by atoms with Crippen LogP contribution in [0, 0.1) is 6.92 Å². The summed E-state index contributed by atoms with van der Waals surface area (Å²) >= 11 is 6.23. The molecule has 3 rings (SSSR count). The lowest BCUT2D eigenvalue weighted by Crippen LogP contribution is -3.08. The molecular formula is C21H22ClN2O4+. The molecule has 0 fully saturated rings. The van der Waals surface area contributed by atoms with Crippen LogP contribution in [0.5, 0.6) is 5.75 Å². The van der Waals surface area contributed by atoms with Crippen LogP contribution in [0.4, 0.5) is 5.69 Å². The molecule has 1 aromatic heterocycles. The number of anilines is 1. The number of benzene rings is 2. The molecule has 0 spiro atoms. The Labute approximate surface area is 167 Å². The molecule has 28 heavy (non-hydrogen) atoms. The zero-order chi connectivity index (χ0) is 20.3. The molecule has 1 atom stereocenters. The van der Waals surface area contributed by atoms with Crippen LogP contribution in [0.3, 0.4) is 0 Å². The van der Waals surface area contributed by atoms with Crippen molar-refractivity contribution >= 4 is 34.2 Å². The predicted octanol–water partition coefficient (Wildman–Crippen LogP) is 2.42. The summed E-state index contributed by atoms with van der Waals surface area (Å²) in [5.41, 5.74) is 2.42. The van der Waals surface area contributed by atoms with Crippen molar-refractivity contribution in [3.8, 4) is 5.75 Å². The molecule has 146 valence electrons. The molecule has 0 saturated heterocycles. The minimum absolute atomic E-state index is 0.121. The van der Waals surface area contributed by atoms with E-state index in [-0.39, 0.29) is 12.5 Å². The lowest BCUT2D eigenvalue weighted by molar-refractivity contribution is -0.885. The SMILES string of the molecule is COc1ccc(NC(=O)C[NH+](C)Cc2cc(=O)oc3cc(C)c(Cl)cc23)cc1. The van der Waals surface area contributed by atoms with E-state index in [1.54, 1.807) is 43.5 Å². The highest BCUT2D eigenvalue weighted by molar-refractivity contribution is 6.32. The summed E-state index contributed by atoms with van der Waals surface area (Å²) in [6, 6.07) is 12.2. The van der Waals surface area contributed by atoms with E-state index < -0.39 is 5.63 Å². The molecule has 0 saturated carbocycles.